The Morgan fingerprint density at radius 1 is 1.17 bits per heavy atom. The van der Waals surface area contributed by atoms with Gasteiger partial charge in [0, 0.05) is 32.4 Å². The second-order valence-electron chi connectivity index (χ2n) is 8.18. The summed E-state index contributed by atoms with van der Waals surface area (Å²) >= 11 is 0. The summed E-state index contributed by atoms with van der Waals surface area (Å²) < 4.78 is 13.9. The molecule has 3 aliphatic heterocycles. The molecule has 1 aromatic carbocycles. The average Bonchev–Trinajstić information content (AvgIpc) is 3.03. The number of ether oxygens (including phenoxy) is 2. The third kappa shape index (κ3) is 3.99. The van der Waals surface area contributed by atoms with E-state index in [2.05, 4.69) is 23.6 Å². The quantitative estimate of drug-likeness (QED) is 0.785. The molecule has 7 nitrogen and oxygen atoms in total. The first-order valence-electron chi connectivity index (χ1n) is 10.6. The maximum atomic E-state index is 13.0. The van der Waals surface area contributed by atoms with Gasteiger partial charge < -0.3 is 19.7 Å². The van der Waals surface area contributed by atoms with E-state index in [1.807, 2.05) is 27.8 Å². The summed E-state index contributed by atoms with van der Waals surface area (Å²) in [6, 6.07) is 10.2. The zero-order chi connectivity index (χ0) is 19.7. The molecule has 1 N–H and O–H groups in total. The second-order valence-corrected chi connectivity index (χ2v) is 8.18. The number of aromatic nitrogens is 2. The molecule has 2 saturated heterocycles. The van der Waals surface area contributed by atoms with Crippen LogP contribution in [0.5, 0.6) is 0 Å². The highest BCUT2D eigenvalue weighted by molar-refractivity contribution is 5.85. The Hall–Kier alpha value is -1.93. The third-order valence-electron chi connectivity index (χ3n) is 6.36. The SMILES string of the molecule is Cl.O=C(C1CNCCOC1)N1CCC2(CC1)OCCc1cn(-c3ccccc3)nc12. The number of rotatable bonds is 2. The molecular weight excluding hydrogens is 404 g/mol. The van der Waals surface area contributed by atoms with Gasteiger partial charge in [-0.25, -0.2) is 4.68 Å². The number of nitrogens with one attached hydrogen (secondary N) is 1. The molecule has 2 fully saturated rings. The van der Waals surface area contributed by atoms with Gasteiger partial charge in [0.25, 0.3) is 0 Å². The van der Waals surface area contributed by atoms with Crippen LogP contribution >= 0.6 is 12.4 Å². The van der Waals surface area contributed by atoms with Crippen LogP contribution in [0.3, 0.4) is 0 Å². The number of hydrogen-bond donors (Lipinski definition) is 1. The van der Waals surface area contributed by atoms with Gasteiger partial charge in [-0.2, -0.15) is 5.10 Å². The fraction of sp³-hybridized carbons (Fsp3) is 0.545. The molecule has 1 unspecified atom stereocenters. The molecule has 162 valence electrons. The molecule has 1 spiro atoms. The van der Waals surface area contributed by atoms with Gasteiger partial charge >= 0.3 is 0 Å². The predicted octanol–water partition coefficient (Wildman–Crippen LogP) is 1.92. The van der Waals surface area contributed by atoms with Crippen molar-refractivity contribution in [2.45, 2.75) is 24.9 Å². The molecule has 0 aliphatic carbocycles. The Balaban J connectivity index is 0.00000218. The Bertz CT molecular complexity index is 857. The zero-order valence-electron chi connectivity index (χ0n) is 17.1. The number of carbonyl (C=O) groups is 1. The standard InChI is InChI=1S/C22H28N4O3.ClH/c27-21(18-14-23-9-13-28-16-18)25-10-7-22(8-11-25)20-17(6-12-29-22)15-26(24-20)19-4-2-1-3-5-19;/h1-5,15,18,23H,6-14,16H2;1H. The monoisotopic (exact) mass is 432 g/mol. The van der Waals surface area contributed by atoms with Crippen LogP contribution in [-0.2, 0) is 26.3 Å². The van der Waals surface area contributed by atoms with Crippen LogP contribution in [0.25, 0.3) is 5.69 Å². The van der Waals surface area contributed by atoms with E-state index in [1.54, 1.807) is 0 Å². The normalized spacial score (nSPS) is 23.3. The van der Waals surface area contributed by atoms with Gasteiger partial charge in [-0.15, -0.1) is 12.4 Å². The zero-order valence-corrected chi connectivity index (χ0v) is 17.9. The van der Waals surface area contributed by atoms with Gasteiger partial charge in [0.1, 0.15) is 5.60 Å². The molecule has 0 radical (unpaired) electrons. The molecule has 0 bridgehead atoms. The molecule has 4 heterocycles. The van der Waals surface area contributed by atoms with Crippen LogP contribution in [0.4, 0.5) is 0 Å². The van der Waals surface area contributed by atoms with E-state index in [1.165, 1.54) is 5.56 Å². The van der Waals surface area contributed by atoms with Crippen LogP contribution in [0.2, 0.25) is 0 Å². The molecule has 0 saturated carbocycles. The Morgan fingerprint density at radius 3 is 2.77 bits per heavy atom. The lowest BCUT2D eigenvalue weighted by Gasteiger charge is -2.43. The van der Waals surface area contributed by atoms with Crippen molar-refractivity contribution in [1.29, 1.82) is 0 Å². The van der Waals surface area contributed by atoms with Gasteiger partial charge in [0.15, 0.2) is 0 Å². The number of likely N-dealkylation sites (tertiary alicyclic amines) is 1. The number of nitrogens with zero attached hydrogens (tertiary/aromatic N) is 3. The lowest BCUT2D eigenvalue weighted by molar-refractivity contribution is -0.146. The van der Waals surface area contributed by atoms with Crippen LogP contribution in [0, 0.1) is 5.92 Å². The summed E-state index contributed by atoms with van der Waals surface area (Å²) in [5.74, 6) is 0.103. The minimum absolute atomic E-state index is 0. The van der Waals surface area contributed by atoms with Crippen molar-refractivity contribution in [1.82, 2.24) is 20.0 Å². The summed E-state index contributed by atoms with van der Waals surface area (Å²) in [7, 11) is 0. The number of fused-ring (bicyclic) bond motifs is 2. The highest BCUT2D eigenvalue weighted by Gasteiger charge is 2.44. The van der Waals surface area contributed by atoms with Gasteiger partial charge in [0.2, 0.25) is 5.91 Å². The summed E-state index contributed by atoms with van der Waals surface area (Å²) in [6.07, 6.45) is 4.61. The van der Waals surface area contributed by atoms with Crippen LogP contribution in [0.1, 0.15) is 24.1 Å². The molecule has 30 heavy (non-hydrogen) atoms. The number of benzene rings is 1. The van der Waals surface area contributed by atoms with Gasteiger partial charge in [-0.1, -0.05) is 18.2 Å². The second kappa shape index (κ2) is 9.06. The fourth-order valence-corrected chi connectivity index (χ4v) is 4.71. The minimum Gasteiger partial charge on any atom is -0.379 e. The summed E-state index contributed by atoms with van der Waals surface area (Å²) in [6.45, 7) is 4.81. The van der Waals surface area contributed by atoms with Crippen LogP contribution in [0.15, 0.2) is 36.5 Å². The van der Waals surface area contributed by atoms with E-state index in [-0.39, 0.29) is 29.8 Å². The van der Waals surface area contributed by atoms with E-state index >= 15 is 0 Å². The van der Waals surface area contributed by atoms with Crippen molar-refractivity contribution in [2.24, 2.45) is 5.92 Å². The van der Waals surface area contributed by atoms with Crippen molar-refractivity contribution in [3.8, 4) is 5.69 Å². The van der Waals surface area contributed by atoms with E-state index in [0.717, 1.165) is 37.2 Å². The highest BCUT2D eigenvalue weighted by atomic mass is 35.5. The topological polar surface area (TPSA) is 68.6 Å². The number of hydrogen-bond acceptors (Lipinski definition) is 5. The molecule has 1 amide bonds. The summed E-state index contributed by atoms with van der Waals surface area (Å²) in [4.78, 5) is 14.9. The lowest BCUT2D eigenvalue weighted by atomic mass is 9.83. The van der Waals surface area contributed by atoms with Crippen molar-refractivity contribution in [3.05, 3.63) is 47.8 Å². The van der Waals surface area contributed by atoms with Crippen molar-refractivity contribution >= 4 is 18.3 Å². The summed E-state index contributed by atoms with van der Waals surface area (Å²) in [5.41, 5.74) is 3.01. The number of piperidine rings is 1. The third-order valence-corrected chi connectivity index (χ3v) is 6.36. The van der Waals surface area contributed by atoms with Gasteiger partial charge in [-0.3, -0.25) is 4.79 Å². The van der Waals surface area contributed by atoms with Crippen LogP contribution in [-0.4, -0.2) is 66.6 Å². The Labute approximate surface area is 183 Å². The van der Waals surface area contributed by atoms with Gasteiger partial charge in [-0.05, 0) is 37.0 Å². The number of halogens is 1. The molecule has 8 heteroatoms. The number of carbonyl (C=O) groups excluding carboxylic acids is 1. The molecule has 1 aromatic heterocycles. The smallest absolute Gasteiger partial charge is 0.229 e. The average molecular weight is 433 g/mol. The molecule has 1 atom stereocenters. The van der Waals surface area contributed by atoms with Crippen molar-refractivity contribution < 1.29 is 14.3 Å². The van der Waals surface area contributed by atoms with Crippen LogP contribution < -0.4 is 5.32 Å². The first kappa shape index (κ1) is 21.3. The van der Waals surface area contributed by atoms with E-state index < -0.39 is 0 Å². The fourth-order valence-electron chi connectivity index (χ4n) is 4.71. The van der Waals surface area contributed by atoms with E-state index in [4.69, 9.17) is 14.6 Å². The maximum Gasteiger partial charge on any atom is 0.229 e. The van der Waals surface area contributed by atoms with Crippen molar-refractivity contribution in [3.63, 3.8) is 0 Å². The van der Waals surface area contributed by atoms with E-state index in [0.29, 0.717) is 39.5 Å². The lowest BCUT2D eigenvalue weighted by Crippen LogP contribution is -2.51. The van der Waals surface area contributed by atoms with Crippen molar-refractivity contribution in [2.75, 3.05) is 46.0 Å². The molecule has 2 aromatic rings. The minimum atomic E-state index is -0.372. The molecule has 5 rings (SSSR count). The number of para-hydroxylation sites is 1. The van der Waals surface area contributed by atoms with Gasteiger partial charge in [0.05, 0.1) is 37.1 Å². The Kier molecular flexibility index (Phi) is 6.43. The highest BCUT2D eigenvalue weighted by Crippen LogP contribution is 2.41. The predicted molar refractivity (Wildman–Crippen MR) is 115 cm³/mol. The first-order valence-corrected chi connectivity index (χ1v) is 10.6. The number of amides is 1. The largest absolute Gasteiger partial charge is 0.379 e. The maximum absolute atomic E-state index is 13.0. The van der Waals surface area contributed by atoms with E-state index in [9.17, 15) is 4.79 Å². The first-order chi connectivity index (χ1) is 14.3. The molecular formula is C22H29ClN4O3. The summed E-state index contributed by atoms with van der Waals surface area (Å²) in [5, 5.41) is 8.22. The Morgan fingerprint density at radius 2 is 1.97 bits per heavy atom. The molecule has 3 aliphatic rings.